The molecular formula is C19H19F3N4O3S. The molecule has 2 aromatic carbocycles. The first-order valence-corrected chi connectivity index (χ1v) is 10.8. The van der Waals surface area contributed by atoms with Crippen molar-refractivity contribution >= 4 is 26.7 Å². The van der Waals surface area contributed by atoms with E-state index in [0.717, 1.165) is 17.6 Å². The molecule has 0 bridgehead atoms. The number of hydrogen-bond acceptors (Lipinski definition) is 4. The number of anilines is 1. The summed E-state index contributed by atoms with van der Waals surface area (Å²) >= 11 is 0. The highest BCUT2D eigenvalue weighted by Crippen LogP contribution is 2.39. The van der Waals surface area contributed by atoms with E-state index in [-0.39, 0.29) is 30.5 Å². The van der Waals surface area contributed by atoms with E-state index in [9.17, 15) is 26.4 Å². The maximum Gasteiger partial charge on any atom is 0.418 e. The fourth-order valence-electron chi connectivity index (χ4n) is 4.00. The van der Waals surface area contributed by atoms with Crippen molar-refractivity contribution in [3.8, 4) is 0 Å². The van der Waals surface area contributed by atoms with Crippen LogP contribution in [0.2, 0.25) is 0 Å². The van der Waals surface area contributed by atoms with Crippen molar-refractivity contribution in [3.05, 3.63) is 58.5 Å². The van der Waals surface area contributed by atoms with Crippen LogP contribution in [0.15, 0.2) is 52.2 Å². The summed E-state index contributed by atoms with van der Waals surface area (Å²) in [5, 5.41) is 4.99. The van der Waals surface area contributed by atoms with Crippen LogP contribution in [-0.4, -0.2) is 31.1 Å². The van der Waals surface area contributed by atoms with Crippen LogP contribution in [0.25, 0.3) is 11.0 Å². The van der Waals surface area contributed by atoms with Gasteiger partial charge in [0.15, 0.2) is 0 Å². The number of aromatic amines is 1. The molecule has 0 unspecified atom stereocenters. The minimum atomic E-state index is -4.74. The molecule has 4 rings (SSSR count). The van der Waals surface area contributed by atoms with Crippen LogP contribution in [0.4, 0.5) is 18.9 Å². The second kappa shape index (κ2) is 7.17. The van der Waals surface area contributed by atoms with Crippen molar-refractivity contribution in [2.75, 3.05) is 18.0 Å². The number of hydrogen-bond donors (Lipinski definition) is 2. The fourth-order valence-corrected chi connectivity index (χ4v) is 4.54. The lowest BCUT2D eigenvalue weighted by atomic mass is 10.0. The van der Waals surface area contributed by atoms with Gasteiger partial charge >= 0.3 is 11.9 Å². The van der Waals surface area contributed by atoms with Crippen LogP contribution < -0.4 is 15.7 Å². The fraction of sp³-hybridized carbons (Fsp3) is 0.316. The van der Waals surface area contributed by atoms with Gasteiger partial charge in [-0.25, -0.2) is 18.4 Å². The number of nitrogens with zero attached hydrogens (tertiary/aromatic N) is 2. The number of para-hydroxylation sites is 2. The van der Waals surface area contributed by atoms with Crippen LogP contribution in [-0.2, 0) is 16.2 Å². The number of halogens is 3. The molecule has 11 heteroatoms. The summed E-state index contributed by atoms with van der Waals surface area (Å²) in [6.07, 6.45) is -3.80. The molecule has 1 aliphatic heterocycles. The van der Waals surface area contributed by atoms with E-state index in [0.29, 0.717) is 24.4 Å². The third kappa shape index (κ3) is 3.70. The number of imidazole rings is 1. The molecule has 0 spiro atoms. The predicted molar refractivity (Wildman–Crippen MR) is 106 cm³/mol. The van der Waals surface area contributed by atoms with Crippen molar-refractivity contribution in [1.82, 2.24) is 9.55 Å². The Morgan fingerprint density at radius 2 is 1.73 bits per heavy atom. The van der Waals surface area contributed by atoms with Gasteiger partial charge in [0.25, 0.3) is 0 Å². The maximum atomic E-state index is 13.6. The summed E-state index contributed by atoms with van der Waals surface area (Å²) in [5.41, 5.74) is 0.0804. The molecule has 1 aromatic heterocycles. The summed E-state index contributed by atoms with van der Waals surface area (Å²) in [4.78, 5) is 16.2. The number of aromatic nitrogens is 2. The smallest absolute Gasteiger partial charge is 0.371 e. The first-order valence-electron chi connectivity index (χ1n) is 9.24. The zero-order chi connectivity index (χ0) is 21.7. The Morgan fingerprint density at radius 3 is 2.37 bits per heavy atom. The van der Waals surface area contributed by atoms with Crippen LogP contribution in [0.3, 0.4) is 0 Å². The first-order chi connectivity index (χ1) is 14.1. The second-order valence-electron chi connectivity index (χ2n) is 7.26. The highest BCUT2D eigenvalue weighted by Gasteiger charge is 2.37. The Labute approximate surface area is 170 Å². The lowest BCUT2D eigenvalue weighted by Crippen LogP contribution is -2.38. The molecule has 1 aliphatic rings. The zero-order valence-electron chi connectivity index (χ0n) is 15.7. The van der Waals surface area contributed by atoms with Crippen LogP contribution in [0.1, 0.15) is 24.4 Å². The van der Waals surface area contributed by atoms with Crippen LogP contribution in [0, 0.1) is 0 Å². The summed E-state index contributed by atoms with van der Waals surface area (Å²) in [7, 11) is -4.26. The number of nitrogens with two attached hydrogens (primary N) is 1. The van der Waals surface area contributed by atoms with Gasteiger partial charge < -0.3 is 9.88 Å². The molecule has 0 amide bonds. The van der Waals surface area contributed by atoms with Gasteiger partial charge in [0.1, 0.15) is 0 Å². The van der Waals surface area contributed by atoms with Gasteiger partial charge in [0.2, 0.25) is 10.0 Å². The van der Waals surface area contributed by atoms with Crippen LogP contribution in [0.5, 0.6) is 0 Å². The number of fused-ring (bicyclic) bond motifs is 1. The number of H-pyrrole nitrogens is 1. The number of rotatable bonds is 3. The van der Waals surface area contributed by atoms with E-state index in [1.165, 1.54) is 0 Å². The highest BCUT2D eigenvalue weighted by atomic mass is 32.2. The first kappa shape index (κ1) is 20.5. The number of piperidine rings is 1. The molecule has 0 radical (unpaired) electrons. The molecule has 3 N–H and O–H groups in total. The van der Waals surface area contributed by atoms with Gasteiger partial charge in [-0.3, -0.25) is 4.57 Å². The Morgan fingerprint density at radius 1 is 1.07 bits per heavy atom. The van der Waals surface area contributed by atoms with E-state index >= 15 is 0 Å². The summed E-state index contributed by atoms with van der Waals surface area (Å²) < 4.78 is 65.4. The summed E-state index contributed by atoms with van der Waals surface area (Å²) in [6.45, 7) is 0.572. The van der Waals surface area contributed by atoms with E-state index in [1.807, 2.05) is 18.2 Å². The van der Waals surface area contributed by atoms with E-state index in [4.69, 9.17) is 5.14 Å². The molecule has 0 aliphatic carbocycles. The Balaban J connectivity index is 1.63. The minimum Gasteiger partial charge on any atom is -0.371 e. The standard InChI is InChI=1S/C19H19F3N4O3S/c20-19(21,22)14-11-13(30(23,28)29)5-6-16(14)25-9-7-12(8-10-25)26-17-4-2-1-3-15(17)24-18(26)27/h1-6,11-12H,7-10H2,(H,24,27)(H2,23,28,29). The van der Waals surface area contributed by atoms with Gasteiger partial charge in [-0.2, -0.15) is 13.2 Å². The average molecular weight is 440 g/mol. The van der Waals surface area contributed by atoms with Gasteiger partial charge in [-0.05, 0) is 43.2 Å². The summed E-state index contributed by atoms with van der Waals surface area (Å²) in [5.74, 6) is 0. The Bertz CT molecular complexity index is 1260. The van der Waals surface area contributed by atoms with E-state index in [1.54, 1.807) is 15.5 Å². The largest absolute Gasteiger partial charge is 0.418 e. The number of benzene rings is 2. The molecule has 0 atom stereocenters. The monoisotopic (exact) mass is 440 g/mol. The van der Waals surface area contributed by atoms with Crippen molar-refractivity contribution < 1.29 is 21.6 Å². The Kier molecular flexibility index (Phi) is 4.89. The number of sulfonamides is 1. The maximum absolute atomic E-state index is 13.6. The molecule has 2 heterocycles. The van der Waals surface area contributed by atoms with Gasteiger partial charge in [-0.1, -0.05) is 12.1 Å². The lowest BCUT2D eigenvalue weighted by molar-refractivity contribution is -0.137. The van der Waals surface area contributed by atoms with Crippen molar-refractivity contribution in [1.29, 1.82) is 0 Å². The summed E-state index contributed by atoms with van der Waals surface area (Å²) in [6, 6.07) is 9.90. The van der Waals surface area contributed by atoms with Crippen molar-refractivity contribution in [3.63, 3.8) is 0 Å². The van der Waals surface area contributed by atoms with E-state index in [2.05, 4.69) is 4.98 Å². The average Bonchev–Trinajstić information content (AvgIpc) is 3.02. The number of alkyl halides is 3. The van der Waals surface area contributed by atoms with Gasteiger partial charge in [0.05, 0.1) is 21.5 Å². The van der Waals surface area contributed by atoms with Crippen LogP contribution >= 0.6 is 0 Å². The molecule has 1 saturated heterocycles. The van der Waals surface area contributed by atoms with E-state index < -0.39 is 26.7 Å². The molecule has 1 fully saturated rings. The number of primary sulfonamides is 1. The van der Waals surface area contributed by atoms with Gasteiger partial charge in [0, 0.05) is 24.8 Å². The quantitative estimate of drug-likeness (QED) is 0.654. The topological polar surface area (TPSA) is 101 Å². The SMILES string of the molecule is NS(=O)(=O)c1ccc(N2CCC(n3c(=O)[nH]c4ccccc43)CC2)c(C(F)(F)F)c1. The molecule has 3 aromatic rings. The highest BCUT2D eigenvalue weighted by molar-refractivity contribution is 7.89. The lowest BCUT2D eigenvalue weighted by Gasteiger charge is -2.35. The van der Waals surface area contributed by atoms with Gasteiger partial charge in [-0.15, -0.1) is 0 Å². The third-order valence-electron chi connectivity index (χ3n) is 5.40. The molecule has 0 saturated carbocycles. The molecule has 30 heavy (non-hydrogen) atoms. The number of nitrogens with one attached hydrogen (secondary N) is 1. The predicted octanol–water partition coefficient (Wildman–Crippen LogP) is 2.84. The minimum absolute atomic E-state index is 0.0976. The third-order valence-corrected chi connectivity index (χ3v) is 6.31. The Hall–Kier alpha value is -2.79. The second-order valence-corrected chi connectivity index (χ2v) is 8.82. The van der Waals surface area contributed by atoms with Crippen molar-refractivity contribution in [2.24, 2.45) is 5.14 Å². The van der Waals surface area contributed by atoms with Crippen molar-refractivity contribution in [2.45, 2.75) is 30.0 Å². The molecule has 160 valence electrons. The molecular weight excluding hydrogens is 421 g/mol. The molecule has 7 nitrogen and oxygen atoms in total. The normalized spacial score (nSPS) is 16.3. The zero-order valence-corrected chi connectivity index (χ0v) is 16.5.